The number of hydrogen-bond donors (Lipinski definition) is 2. The van der Waals surface area contributed by atoms with Gasteiger partial charge in [-0.1, -0.05) is 27.5 Å². The maximum atomic E-state index is 13.1. The van der Waals surface area contributed by atoms with Gasteiger partial charge in [0, 0.05) is 20.7 Å². The number of ether oxygens (including phenoxy) is 2. The summed E-state index contributed by atoms with van der Waals surface area (Å²) in [4.78, 5) is 27.1. The number of anilines is 2. The third kappa shape index (κ3) is 6.05. The second-order valence-corrected chi connectivity index (χ2v) is 9.66. The number of carbonyl (C=O) groups is 2. The Labute approximate surface area is 219 Å². The molecule has 10 heteroatoms. The molecule has 1 saturated heterocycles. The van der Waals surface area contributed by atoms with Crippen LogP contribution >= 0.6 is 39.3 Å². The number of amides is 2. The molecular weight excluding hydrogens is 554 g/mol. The van der Waals surface area contributed by atoms with Gasteiger partial charge in [-0.3, -0.25) is 19.9 Å². The Bertz CT molecular complexity index is 1310. The van der Waals surface area contributed by atoms with Crippen LogP contribution < -0.4 is 19.7 Å². The van der Waals surface area contributed by atoms with Gasteiger partial charge in [0.2, 0.25) is 0 Å². The Kier molecular flexibility index (Phi) is 7.80. The topological polar surface area (TPSA) is 91.7 Å². The Hall–Kier alpha value is -3.27. The molecule has 35 heavy (non-hydrogen) atoms. The van der Waals surface area contributed by atoms with E-state index >= 15 is 0 Å². The molecule has 2 amide bonds. The molecule has 0 saturated carbocycles. The number of methoxy groups -OCH3 is 1. The second kappa shape index (κ2) is 11.0. The fourth-order valence-electron chi connectivity index (χ4n) is 3.23. The first-order chi connectivity index (χ1) is 16.8. The number of rotatable bonds is 7. The lowest BCUT2D eigenvalue weighted by Gasteiger charge is -2.14. The predicted molar refractivity (Wildman–Crippen MR) is 143 cm³/mol. The first-order valence-electron chi connectivity index (χ1n) is 10.3. The zero-order chi connectivity index (χ0) is 24.9. The summed E-state index contributed by atoms with van der Waals surface area (Å²) >= 11 is 10.4. The minimum absolute atomic E-state index is 0.0891. The summed E-state index contributed by atoms with van der Waals surface area (Å²) in [5.41, 5.74) is 1.77. The zero-order valence-corrected chi connectivity index (χ0v) is 21.5. The van der Waals surface area contributed by atoms with Crippen molar-refractivity contribution in [3.63, 3.8) is 0 Å². The van der Waals surface area contributed by atoms with E-state index in [1.54, 1.807) is 79.9 Å². The zero-order valence-electron chi connectivity index (χ0n) is 18.4. The van der Waals surface area contributed by atoms with Crippen LogP contribution in [0.25, 0.3) is 6.08 Å². The molecule has 0 radical (unpaired) electrons. The average Bonchev–Trinajstić information content (AvgIpc) is 3.12. The van der Waals surface area contributed by atoms with Crippen LogP contribution in [0.15, 0.2) is 76.1 Å². The molecule has 0 atom stereocenters. The minimum atomic E-state index is -0.340. The Morgan fingerprint density at radius 1 is 1.14 bits per heavy atom. The van der Waals surface area contributed by atoms with Gasteiger partial charge in [-0.05, 0) is 84.6 Å². The quantitative estimate of drug-likeness (QED) is 0.330. The van der Waals surface area contributed by atoms with Crippen LogP contribution in [-0.4, -0.2) is 30.7 Å². The van der Waals surface area contributed by atoms with Crippen molar-refractivity contribution < 1.29 is 19.1 Å². The highest BCUT2D eigenvalue weighted by molar-refractivity contribution is 9.10. The maximum absolute atomic E-state index is 13.1. The summed E-state index contributed by atoms with van der Waals surface area (Å²) in [5.74, 6) is 0.422. The van der Waals surface area contributed by atoms with Crippen LogP contribution in [0, 0.1) is 5.41 Å². The molecule has 0 aromatic heterocycles. The molecule has 178 valence electrons. The normalized spacial score (nSPS) is 14.4. The van der Waals surface area contributed by atoms with Crippen molar-refractivity contribution in [2.24, 2.45) is 0 Å². The van der Waals surface area contributed by atoms with E-state index in [2.05, 4.69) is 21.2 Å². The SMILES string of the molecule is COc1ccc(N2C(=N)S/C(=C\c3cc(Br)ccc3OCC(=O)Nc3ccc(Cl)cc3)C2=O)cc1. The first kappa shape index (κ1) is 24.8. The smallest absolute Gasteiger partial charge is 0.271 e. The van der Waals surface area contributed by atoms with Gasteiger partial charge in [-0.15, -0.1) is 0 Å². The Morgan fingerprint density at radius 2 is 1.86 bits per heavy atom. The van der Waals surface area contributed by atoms with Gasteiger partial charge in [0.05, 0.1) is 17.7 Å². The second-order valence-electron chi connectivity index (χ2n) is 7.28. The predicted octanol–water partition coefficient (Wildman–Crippen LogP) is 6.18. The van der Waals surface area contributed by atoms with Gasteiger partial charge in [-0.25, -0.2) is 0 Å². The highest BCUT2D eigenvalue weighted by Crippen LogP contribution is 2.37. The summed E-state index contributed by atoms with van der Waals surface area (Å²) in [6, 6.07) is 18.9. The van der Waals surface area contributed by atoms with E-state index in [1.807, 2.05) is 0 Å². The molecule has 1 heterocycles. The molecule has 0 bridgehead atoms. The van der Waals surface area contributed by atoms with Gasteiger partial charge in [-0.2, -0.15) is 0 Å². The minimum Gasteiger partial charge on any atom is -0.497 e. The lowest BCUT2D eigenvalue weighted by Crippen LogP contribution is -2.28. The van der Waals surface area contributed by atoms with E-state index in [9.17, 15) is 9.59 Å². The molecule has 1 fully saturated rings. The van der Waals surface area contributed by atoms with Gasteiger partial charge in [0.25, 0.3) is 11.8 Å². The molecular formula is C25H19BrClN3O4S. The van der Waals surface area contributed by atoms with Gasteiger partial charge in [0.15, 0.2) is 11.8 Å². The van der Waals surface area contributed by atoms with Crippen LogP contribution in [-0.2, 0) is 9.59 Å². The monoisotopic (exact) mass is 571 g/mol. The van der Waals surface area contributed by atoms with Gasteiger partial charge >= 0.3 is 0 Å². The fourth-order valence-corrected chi connectivity index (χ4v) is 4.59. The van der Waals surface area contributed by atoms with Crippen LogP contribution in [0.2, 0.25) is 5.02 Å². The molecule has 0 aliphatic carbocycles. The number of halogens is 2. The molecule has 0 unspecified atom stereocenters. The fraction of sp³-hybridized carbons (Fsp3) is 0.0800. The Morgan fingerprint density at radius 3 is 2.54 bits per heavy atom. The van der Waals surface area contributed by atoms with Gasteiger partial charge in [0.1, 0.15) is 11.5 Å². The largest absolute Gasteiger partial charge is 0.497 e. The number of amidine groups is 1. The standard InChI is InChI=1S/C25H19BrClN3O4S/c1-33-20-9-7-19(8-10-20)30-24(32)22(35-25(30)28)13-15-12-16(26)2-11-21(15)34-14-23(31)29-18-5-3-17(27)4-6-18/h2-13,28H,14H2,1H3,(H,29,31)/b22-13-,28-25?. The van der Waals surface area contributed by atoms with Crippen molar-refractivity contribution >= 4 is 73.7 Å². The number of hydrogen-bond acceptors (Lipinski definition) is 6. The van der Waals surface area contributed by atoms with Crippen LogP contribution in [0.5, 0.6) is 11.5 Å². The van der Waals surface area contributed by atoms with Crippen molar-refractivity contribution in [2.75, 3.05) is 23.9 Å². The van der Waals surface area contributed by atoms with E-state index in [4.69, 9.17) is 26.5 Å². The molecule has 3 aromatic carbocycles. The van der Waals surface area contributed by atoms with Crippen LogP contribution in [0.4, 0.5) is 11.4 Å². The van der Waals surface area contributed by atoms with Crippen molar-refractivity contribution in [3.05, 3.63) is 86.7 Å². The summed E-state index contributed by atoms with van der Waals surface area (Å²) in [5, 5.41) is 11.7. The first-order valence-corrected chi connectivity index (χ1v) is 12.3. The maximum Gasteiger partial charge on any atom is 0.271 e. The number of nitrogens with zero attached hydrogens (tertiary/aromatic N) is 1. The average molecular weight is 573 g/mol. The molecule has 7 nitrogen and oxygen atoms in total. The summed E-state index contributed by atoms with van der Waals surface area (Å²) in [6.45, 7) is -0.227. The van der Waals surface area contributed by atoms with Crippen LogP contribution in [0.1, 0.15) is 5.56 Å². The lowest BCUT2D eigenvalue weighted by atomic mass is 10.2. The number of benzene rings is 3. The van der Waals surface area contributed by atoms with Crippen molar-refractivity contribution in [2.45, 2.75) is 0 Å². The number of nitrogens with one attached hydrogen (secondary N) is 2. The molecule has 1 aliphatic rings. The lowest BCUT2D eigenvalue weighted by molar-refractivity contribution is -0.118. The number of thioether (sulfide) groups is 1. The van der Waals surface area contributed by atoms with Crippen molar-refractivity contribution in [1.29, 1.82) is 5.41 Å². The molecule has 2 N–H and O–H groups in total. The van der Waals surface area contributed by atoms with E-state index in [0.717, 1.165) is 16.2 Å². The van der Waals surface area contributed by atoms with Crippen molar-refractivity contribution in [3.8, 4) is 11.5 Å². The highest BCUT2D eigenvalue weighted by atomic mass is 79.9. The van der Waals surface area contributed by atoms with Gasteiger partial charge < -0.3 is 14.8 Å². The molecule has 4 rings (SSSR count). The third-order valence-corrected chi connectivity index (χ3v) is 6.53. The molecule has 0 spiro atoms. The summed E-state index contributed by atoms with van der Waals surface area (Å²) in [6.07, 6.45) is 1.66. The van der Waals surface area contributed by atoms with E-state index in [0.29, 0.717) is 38.4 Å². The number of carbonyl (C=O) groups excluding carboxylic acids is 2. The molecule has 3 aromatic rings. The van der Waals surface area contributed by atoms with Crippen LogP contribution in [0.3, 0.4) is 0 Å². The third-order valence-electron chi connectivity index (χ3n) is 4.90. The van der Waals surface area contributed by atoms with E-state index < -0.39 is 0 Å². The van der Waals surface area contributed by atoms with E-state index in [1.165, 1.54) is 4.90 Å². The summed E-state index contributed by atoms with van der Waals surface area (Å²) < 4.78 is 11.7. The van der Waals surface area contributed by atoms with Crippen molar-refractivity contribution in [1.82, 2.24) is 0 Å². The van der Waals surface area contributed by atoms with E-state index in [-0.39, 0.29) is 23.6 Å². The Balaban J connectivity index is 1.50. The summed E-state index contributed by atoms with van der Waals surface area (Å²) in [7, 11) is 1.56. The highest BCUT2D eigenvalue weighted by Gasteiger charge is 2.33. The molecule has 1 aliphatic heterocycles.